The van der Waals surface area contributed by atoms with Gasteiger partial charge in [-0.1, -0.05) is 28.1 Å². The summed E-state index contributed by atoms with van der Waals surface area (Å²) in [7, 11) is 0. The van der Waals surface area contributed by atoms with E-state index in [9.17, 15) is 9.59 Å². The van der Waals surface area contributed by atoms with Crippen molar-refractivity contribution in [2.45, 2.75) is 6.54 Å². The fourth-order valence-corrected chi connectivity index (χ4v) is 1.39. The van der Waals surface area contributed by atoms with E-state index in [1.165, 1.54) is 4.90 Å². The minimum absolute atomic E-state index is 0.278. The summed E-state index contributed by atoms with van der Waals surface area (Å²) in [4.78, 5) is 22.2. The Balaban J connectivity index is 2.62. The third kappa shape index (κ3) is 4.12. The van der Waals surface area contributed by atoms with Gasteiger partial charge in [0, 0.05) is 11.0 Å². The van der Waals surface area contributed by atoms with Crippen molar-refractivity contribution in [3.05, 3.63) is 34.3 Å². The van der Waals surface area contributed by atoms with Gasteiger partial charge >= 0.3 is 5.97 Å². The highest BCUT2D eigenvalue weighted by molar-refractivity contribution is 9.10. The normalized spacial score (nSPS) is 9.67. The molecule has 1 aromatic carbocycles. The molecule has 4 nitrogen and oxygen atoms in total. The van der Waals surface area contributed by atoms with Gasteiger partial charge in [-0.2, -0.15) is 0 Å². The summed E-state index contributed by atoms with van der Waals surface area (Å²) in [5, 5.41) is 8.53. The van der Waals surface area contributed by atoms with Crippen LogP contribution < -0.4 is 0 Å². The number of hydrogen-bond donors (Lipinski definition) is 1. The van der Waals surface area contributed by atoms with Gasteiger partial charge in [0.05, 0.1) is 0 Å². The summed E-state index contributed by atoms with van der Waals surface area (Å²) < 4.78 is 0.946. The van der Waals surface area contributed by atoms with Crippen LogP contribution in [-0.2, 0) is 16.1 Å². The lowest BCUT2D eigenvalue weighted by molar-refractivity contribution is -0.141. The number of carboxylic acid groups (broad SMARTS) is 1. The largest absolute Gasteiger partial charge is 0.480 e. The van der Waals surface area contributed by atoms with Crippen molar-refractivity contribution in [3.8, 4) is 0 Å². The minimum atomic E-state index is -1.01. The average Bonchev–Trinajstić information content (AvgIpc) is 2.19. The Bertz CT molecular complexity index is 350. The average molecular weight is 272 g/mol. The second-order valence-corrected chi connectivity index (χ2v) is 3.95. The van der Waals surface area contributed by atoms with Crippen LogP contribution in [0.15, 0.2) is 28.7 Å². The van der Waals surface area contributed by atoms with E-state index in [0.29, 0.717) is 13.0 Å². The standard InChI is InChI=1S/C10H10BrNO3/c11-9-3-1-8(2-4-9)5-12(7-13)6-10(14)15/h1-4,7H,5-6H2,(H,14,15). The SMILES string of the molecule is O=CN(CC(=O)O)Cc1ccc(Br)cc1. The van der Waals surface area contributed by atoms with Gasteiger partial charge in [-0.25, -0.2) is 0 Å². The summed E-state index contributed by atoms with van der Waals surface area (Å²) >= 11 is 3.29. The molecule has 0 saturated carbocycles. The van der Waals surface area contributed by atoms with Gasteiger partial charge in [-0.05, 0) is 17.7 Å². The number of amides is 1. The molecule has 0 aliphatic carbocycles. The molecule has 1 aromatic rings. The molecule has 1 N–H and O–H groups in total. The molecule has 0 unspecified atom stereocenters. The molecule has 0 aliphatic rings. The molecule has 0 atom stereocenters. The summed E-state index contributed by atoms with van der Waals surface area (Å²) in [5.74, 6) is -1.01. The number of aliphatic carboxylic acids is 1. The van der Waals surface area contributed by atoms with Crippen LogP contribution in [0.1, 0.15) is 5.56 Å². The molecule has 0 radical (unpaired) electrons. The Hall–Kier alpha value is -1.36. The maximum atomic E-state index is 10.6. The second kappa shape index (κ2) is 5.50. The Morgan fingerprint density at radius 2 is 2.00 bits per heavy atom. The smallest absolute Gasteiger partial charge is 0.323 e. The number of nitrogens with zero attached hydrogens (tertiary/aromatic N) is 1. The molecule has 0 aliphatic heterocycles. The van der Waals surface area contributed by atoms with E-state index in [2.05, 4.69) is 15.9 Å². The lowest BCUT2D eigenvalue weighted by atomic mass is 10.2. The topological polar surface area (TPSA) is 57.6 Å². The van der Waals surface area contributed by atoms with Crippen molar-refractivity contribution in [2.24, 2.45) is 0 Å². The van der Waals surface area contributed by atoms with E-state index in [-0.39, 0.29) is 6.54 Å². The molecule has 0 aromatic heterocycles. The van der Waals surface area contributed by atoms with Gasteiger partial charge in [0.1, 0.15) is 6.54 Å². The molecule has 80 valence electrons. The first-order valence-electron chi connectivity index (χ1n) is 4.27. The van der Waals surface area contributed by atoms with E-state index in [1.807, 2.05) is 24.3 Å². The number of rotatable bonds is 5. The van der Waals surface area contributed by atoms with E-state index in [0.717, 1.165) is 10.0 Å². The van der Waals surface area contributed by atoms with Crippen LogP contribution in [0.4, 0.5) is 0 Å². The van der Waals surface area contributed by atoms with Crippen LogP contribution in [0.5, 0.6) is 0 Å². The molecule has 0 heterocycles. The van der Waals surface area contributed by atoms with Crippen LogP contribution in [0.3, 0.4) is 0 Å². The van der Waals surface area contributed by atoms with E-state index in [1.54, 1.807) is 0 Å². The Morgan fingerprint density at radius 1 is 1.40 bits per heavy atom. The van der Waals surface area contributed by atoms with Crippen LogP contribution >= 0.6 is 15.9 Å². The summed E-state index contributed by atoms with van der Waals surface area (Å²) in [6.07, 6.45) is 0.538. The highest BCUT2D eigenvalue weighted by atomic mass is 79.9. The van der Waals surface area contributed by atoms with Gasteiger partial charge in [0.25, 0.3) is 0 Å². The maximum Gasteiger partial charge on any atom is 0.323 e. The van der Waals surface area contributed by atoms with Crippen molar-refractivity contribution >= 4 is 28.3 Å². The Labute approximate surface area is 95.6 Å². The number of halogens is 1. The first-order chi connectivity index (χ1) is 7.11. The third-order valence-corrected chi connectivity index (χ3v) is 2.32. The number of carboxylic acids is 1. The molecule has 1 amide bonds. The minimum Gasteiger partial charge on any atom is -0.480 e. The van der Waals surface area contributed by atoms with Gasteiger partial charge in [-0.15, -0.1) is 0 Å². The van der Waals surface area contributed by atoms with Crippen LogP contribution in [0.25, 0.3) is 0 Å². The van der Waals surface area contributed by atoms with Crippen LogP contribution in [-0.4, -0.2) is 28.9 Å². The molecular formula is C10H10BrNO3. The number of benzene rings is 1. The molecule has 0 saturated heterocycles. The zero-order valence-electron chi connectivity index (χ0n) is 7.89. The molecular weight excluding hydrogens is 262 g/mol. The molecule has 0 fully saturated rings. The zero-order valence-corrected chi connectivity index (χ0v) is 9.48. The van der Waals surface area contributed by atoms with E-state index < -0.39 is 5.97 Å². The fraction of sp³-hybridized carbons (Fsp3) is 0.200. The van der Waals surface area contributed by atoms with Crippen LogP contribution in [0, 0.1) is 0 Å². The quantitative estimate of drug-likeness (QED) is 0.826. The lowest BCUT2D eigenvalue weighted by Gasteiger charge is -2.14. The predicted octanol–water partition coefficient (Wildman–Crippen LogP) is 1.49. The van der Waals surface area contributed by atoms with Crippen LogP contribution in [0.2, 0.25) is 0 Å². The molecule has 1 rings (SSSR count). The first-order valence-corrected chi connectivity index (χ1v) is 5.06. The summed E-state index contributed by atoms with van der Waals surface area (Å²) in [5.41, 5.74) is 0.895. The third-order valence-electron chi connectivity index (χ3n) is 1.79. The van der Waals surface area contributed by atoms with Crippen molar-refractivity contribution in [2.75, 3.05) is 6.54 Å². The molecule has 15 heavy (non-hydrogen) atoms. The van der Waals surface area contributed by atoms with Crippen molar-refractivity contribution < 1.29 is 14.7 Å². The Morgan fingerprint density at radius 3 is 2.47 bits per heavy atom. The van der Waals surface area contributed by atoms with Crippen molar-refractivity contribution in [1.29, 1.82) is 0 Å². The number of carbonyl (C=O) groups is 2. The lowest BCUT2D eigenvalue weighted by Crippen LogP contribution is -2.27. The second-order valence-electron chi connectivity index (χ2n) is 3.03. The van der Waals surface area contributed by atoms with E-state index >= 15 is 0 Å². The van der Waals surface area contributed by atoms with Crippen molar-refractivity contribution in [3.63, 3.8) is 0 Å². The summed E-state index contributed by atoms with van der Waals surface area (Å²) in [6, 6.07) is 7.36. The van der Waals surface area contributed by atoms with Crippen molar-refractivity contribution in [1.82, 2.24) is 4.90 Å². The van der Waals surface area contributed by atoms with E-state index in [4.69, 9.17) is 5.11 Å². The van der Waals surface area contributed by atoms with Gasteiger partial charge < -0.3 is 10.0 Å². The predicted molar refractivity (Wildman–Crippen MR) is 58.3 cm³/mol. The monoisotopic (exact) mass is 271 g/mol. The molecule has 5 heteroatoms. The zero-order chi connectivity index (χ0) is 11.3. The highest BCUT2D eigenvalue weighted by Gasteiger charge is 2.07. The fourth-order valence-electron chi connectivity index (χ4n) is 1.13. The highest BCUT2D eigenvalue weighted by Crippen LogP contribution is 2.11. The van der Waals surface area contributed by atoms with Gasteiger partial charge in [-0.3, -0.25) is 9.59 Å². The molecule has 0 bridgehead atoms. The number of carbonyl (C=O) groups excluding carboxylic acids is 1. The van der Waals surface area contributed by atoms with Gasteiger partial charge in [0.2, 0.25) is 6.41 Å². The molecule has 0 spiro atoms. The maximum absolute atomic E-state index is 10.6. The first kappa shape index (κ1) is 11.7. The summed E-state index contributed by atoms with van der Waals surface area (Å²) in [6.45, 7) is 0.0304. The number of hydrogen-bond acceptors (Lipinski definition) is 2. The van der Waals surface area contributed by atoms with Gasteiger partial charge in [0.15, 0.2) is 0 Å². The Kier molecular flexibility index (Phi) is 4.30.